The van der Waals surface area contributed by atoms with Gasteiger partial charge in [-0.25, -0.2) is 13.5 Å². The van der Waals surface area contributed by atoms with Crippen LogP contribution in [0.1, 0.15) is 40.0 Å². The summed E-state index contributed by atoms with van der Waals surface area (Å²) >= 11 is 0.719. The minimum Gasteiger partial charge on any atom is -0.276 e. The van der Waals surface area contributed by atoms with Gasteiger partial charge in [-0.05, 0) is 19.9 Å². The van der Waals surface area contributed by atoms with E-state index in [1.54, 1.807) is 19.9 Å². The molecule has 0 aromatic carbocycles. The summed E-state index contributed by atoms with van der Waals surface area (Å²) in [5.41, 5.74) is -5.51. The molecule has 0 amide bonds. The first-order valence-electron chi connectivity index (χ1n) is 7.18. The number of sulfonamides is 1. The zero-order chi connectivity index (χ0) is 18.3. The molecule has 0 aromatic heterocycles. The predicted molar refractivity (Wildman–Crippen MR) is 89.7 cm³/mol. The van der Waals surface area contributed by atoms with E-state index in [0.29, 0.717) is 12.8 Å². The fourth-order valence-corrected chi connectivity index (χ4v) is 8.89. The lowest BCUT2D eigenvalue weighted by atomic mass is 10.3. The van der Waals surface area contributed by atoms with Crippen LogP contribution in [0.5, 0.6) is 0 Å². The summed E-state index contributed by atoms with van der Waals surface area (Å²) in [4.78, 5) is 0. The van der Waals surface area contributed by atoms with Crippen molar-refractivity contribution in [1.82, 2.24) is 9.16 Å². The van der Waals surface area contributed by atoms with Gasteiger partial charge in [0.25, 0.3) is 6.65 Å². The molecule has 2 atom stereocenters. The summed E-state index contributed by atoms with van der Waals surface area (Å²) in [5.74, 6) is 0. The Kier molecular flexibility index (Phi) is 9.45. The molecule has 0 spiro atoms. The van der Waals surface area contributed by atoms with Crippen LogP contribution in [-0.2, 0) is 14.6 Å². The fourth-order valence-electron chi connectivity index (χ4n) is 1.45. The van der Waals surface area contributed by atoms with Crippen LogP contribution in [0.25, 0.3) is 0 Å². The van der Waals surface area contributed by atoms with Crippen molar-refractivity contribution >= 4 is 28.1 Å². The maximum Gasteiger partial charge on any atom is 0.512 e. The van der Waals surface area contributed by atoms with Gasteiger partial charge in [-0.15, -0.1) is 4.08 Å². The van der Waals surface area contributed by atoms with Gasteiger partial charge < -0.3 is 0 Å². The lowest BCUT2D eigenvalue weighted by Gasteiger charge is -2.30. The van der Waals surface area contributed by atoms with E-state index in [1.165, 1.54) is 13.1 Å². The molecule has 1 N–H and O–H groups in total. The molecule has 11 heteroatoms. The quantitative estimate of drug-likeness (QED) is 0.439. The average molecular weight is 396 g/mol. The monoisotopic (exact) mass is 396 g/mol. The van der Waals surface area contributed by atoms with Gasteiger partial charge in [-0.1, -0.05) is 50.7 Å². The molecular formula is C12H24F3N2O3PS2. The lowest BCUT2D eigenvalue weighted by Crippen LogP contribution is -2.40. The van der Waals surface area contributed by atoms with E-state index in [9.17, 15) is 26.2 Å². The summed E-state index contributed by atoms with van der Waals surface area (Å²) in [6, 6.07) is 0. The molecule has 2 unspecified atom stereocenters. The minimum absolute atomic E-state index is 0.0446. The van der Waals surface area contributed by atoms with Crippen molar-refractivity contribution < 1.29 is 26.2 Å². The van der Waals surface area contributed by atoms with Gasteiger partial charge in [0.15, 0.2) is 0 Å². The standard InChI is InChI=1S/C12H24F3N2O3PS2/c1-5-7-8-9-10-17(23(19,20)12(13,14)15)21(18,16-4)22-11(3)6-2/h8-9,11H,5-7,10H2,1-4H3,(H,16,18). The van der Waals surface area contributed by atoms with Crippen molar-refractivity contribution in [3.8, 4) is 0 Å². The molecule has 0 fully saturated rings. The van der Waals surface area contributed by atoms with Crippen LogP contribution < -0.4 is 5.09 Å². The Bertz CT molecular complexity index is 538. The number of nitrogens with zero attached hydrogens (tertiary/aromatic N) is 1. The van der Waals surface area contributed by atoms with E-state index < -0.39 is 28.7 Å². The molecule has 23 heavy (non-hydrogen) atoms. The Labute approximate surface area is 140 Å². The Morgan fingerprint density at radius 1 is 1.30 bits per heavy atom. The smallest absolute Gasteiger partial charge is 0.276 e. The van der Waals surface area contributed by atoms with E-state index in [-0.39, 0.29) is 9.33 Å². The molecule has 0 saturated carbocycles. The van der Waals surface area contributed by atoms with Crippen molar-refractivity contribution in [1.29, 1.82) is 0 Å². The van der Waals surface area contributed by atoms with Gasteiger partial charge in [0.2, 0.25) is 0 Å². The molecule has 0 saturated heterocycles. The van der Waals surface area contributed by atoms with Crippen LogP contribution in [0.15, 0.2) is 12.2 Å². The molecule has 0 aliphatic rings. The highest BCUT2D eigenvalue weighted by molar-refractivity contribution is 8.58. The first-order chi connectivity index (χ1) is 10.5. The zero-order valence-corrected chi connectivity index (χ0v) is 16.2. The maximum absolute atomic E-state index is 12.9. The lowest BCUT2D eigenvalue weighted by molar-refractivity contribution is -0.0468. The molecule has 0 aliphatic heterocycles. The van der Waals surface area contributed by atoms with E-state index in [1.807, 2.05) is 6.92 Å². The van der Waals surface area contributed by atoms with E-state index in [2.05, 4.69) is 5.09 Å². The molecule has 138 valence electrons. The molecule has 0 aliphatic carbocycles. The van der Waals surface area contributed by atoms with E-state index >= 15 is 0 Å². The topological polar surface area (TPSA) is 66.5 Å². The van der Waals surface area contributed by atoms with Gasteiger partial charge in [0, 0.05) is 11.8 Å². The second kappa shape index (κ2) is 9.46. The Hall–Kier alpha value is -0.0200. The van der Waals surface area contributed by atoms with Crippen molar-refractivity contribution in [2.45, 2.75) is 50.8 Å². The largest absolute Gasteiger partial charge is 0.512 e. The third-order valence-corrected chi connectivity index (χ3v) is 11.2. The predicted octanol–water partition coefficient (Wildman–Crippen LogP) is 4.35. The van der Waals surface area contributed by atoms with Crippen molar-refractivity contribution in [3.63, 3.8) is 0 Å². The molecule has 0 aromatic rings. The summed E-state index contributed by atoms with van der Waals surface area (Å²) in [6.07, 6.45) is 4.79. The number of hydrogen-bond donors (Lipinski definition) is 1. The molecule has 5 nitrogen and oxygen atoms in total. The number of allylic oxidation sites excluding steroid dienone is 1. The highest BCUT2D eigenvalue weighted by Gasteiger charge is 2.55. The fraction of sp³-hybridized carbons (Fsp3) is 0.833. The van der Waals surface area contributed by atoms with Gasteiger partial charge in [0.1, 0.15) is 0 Å². The second-order valence-corrected chi connectivity index (χ2v) is 12.0. The summed E-state index contributed by atoms with van der Waals surface area (Å²) in [6.45, 7) is 0.738. The first kappa shape index (κ1) is 23.0. The molecule has 0 bridgehead atoms. The average Bonchev–Trinajstić information content (AvgIpc) is 2.45. The van der Waals surface area contributed by atoms with Crippen molar-refractivity contribution in [3.05, 3.63) is 12.2 Å². The second-order valence-electron chi connectivity index (χ2n) is 4.78. The van der Waals surface area contributed by atoms with Crippen molar-refractivity contribution in [2.75, 3.05) is 13.6 Å². The number of rotatable bonds is 10. The van der Waals surface area contributed by atoms with E-state index in [4.69, 9.17) is 0 Å². The molecule has 0 heterocycles. The number of nitrogens with one attached hydrogen (secondary N) is 1. The van der Waals surface area contributed by atoms with E-state index in [0.717, 1.165) is 17.8 Å². The summed E-state index contributed by atoms with van der Waals surface area (Å²) < 4.78 is 75.4. The number of hydrogen-bond acceptors (Lipinski definition) is 4. The van der Waals surface area contributed by atoms with Gasteiger partial charge in [-0.2, -0.15) is 13.2 Å². The van der Waals surface area contributed by atoms with Crippen LogP contribution >= 0.6 is 18.0 Å². The van der Waals surface area contributed by atoms with Crippen LogP contribution in [0.2, 0.25) is 0 Å². The Balaban J connectivity index is 5.78. The van der Waals surface area contributed by atoms with Crippen LogP contribution in [0, 0.1) is 0 Å². The third-order valence-electron chi connectivity index (χ3n) is 2.93. The number of halogens is 3. The zero-order valence-electron chi connectivity index (χ0n) is 13.6. The molecule has 0 radical (unpaired) electrons. The number of alkyl halides is 3. The normalized spacial score (nSPS) is 17.6. The van der Waals surface area contributed by atoms with Gasteiger partial charge in [0.05, 0.1) is 0 Å². The van der Waals surface area contributed by atoms with Gasteiger partial charge in [-0.3, -0.25) is 4.57 Å². The van der Waals surface area contributed by atoms with Crippen LogP contribution in [0.3, 0.4) is 0 Å². The molecule has 0 rings (SSSR count). The highest BCUT2D eigenvalue weighted by atomic mass is 32.7. The van der Waals surface area contributed by atoms with Crippen LogP contribution in [-0.4, -0.2) is 36.8 Å². The first-order valence-corrected chi connectivity index (χ1v) is 11.8. The molecular weight excluding hydrogens is 372 g/mol. The van der Waals surface area contributed by atoms with Crippen LogP contribution in [0.4, 0.5) is 13.2 Å². The number of unbranched alkanes of at least 4 members (excludes halogenated alkanes) is 1. The van der Waals surface area contributed by atoms with Crippen molar-refractivity contribution in [2.24, 2.45) is 0 Å². The Morgan fingerprint density at radius 3 is 2.26 bits per heavy atom. The third kappa shape index (κ3) is 6.42. The minimum atomic E-state index is -5.71. The summed E-state index contributed by atoms with van der Waals surface area (Å²) in [5, 5.41) is 2.03. The maximum atomic E-state index is 12.9. The SMILES string of the molecule is CCCC=CCN(P(=O)(NC)SC(C)CC)S(=O)(=O)C(F)(F)F. The highest BCUT2D eigenvalue weighted by Crippen LogP contribution is 2.62. The van der Waals surface area contributed by atoms with Gasteiger partial charge >= 0.3 is 15.5 Å². The summed E-state index contributed by atoms with van der Waals surface area (Å²) in [7, 11) is -4.51. The Morgan fingerprint density at radius 2 is 1.87 bits per heavy atom.